The van der Waals surface area contributed by atoms with E-state index < -0.39 is 51.8 Å². The molecule has 294 valence electrons. The molecule has 0 radical (unpaired) electrons. The fourth-order valence-corrected chi connectivity index (χ4v) is 6.07. The van der Waals surface area contributed by atoms with Crippen molar-refractivity contribution in [2.75, 3.05) is 26.4 Å². The van der Waals surface area contributed by atoms with Gasteiger partial charge in [-0.25, -0.2) is 4.57 Å². The largest absolute Gasteiger partial charge is 0.472 e. The van der Waals surface area contributed by atoms with Crippen LogP contribution in [0.5, 0.6) is 0 Å². The Kier molecular flexibility index (Phi) is 34.7. The lowest BCUT2D eigenvalue weighted by molar-refractivity contribution is -0.161. The van der Waals surface area contributed by atoms with Crippen molar-refractivity contribution in [3.8, 4) is 0 Å². The number of esters is 2. The van der Waals surface area contributed by atoms with E-state index in [9.17, 15) is 24.2 Å². The number of hydrogen-bond donors (Lipinski definition) is 3. The third kappa shape index (κ3) is 34.9. The predicted molar refractivity (Wildman–Crippen MR) is 201 cm³/mol. The Labute approximate surface area is 304 Å². The standard InChI is InChI=1S/C39H73O10P/c1-3-5-7-9-11-13-15-17-19-20-22-24-26-28-30-38(42)46-34-37(35-48-50(44,45)47-33-36(41)32-40)49-39(43)31-29-27-25-23-21-18-16-14-12-10-8-6-4-2/h18,21,25,27,36-37,40-41H,3-17,19-20,22-24,26,28-35H2,1-2H3,(H,44,45)/b21-18+,27-25+/t36-,37?/m0/s1. The Bertz CT molecular complexity index is 894. The minimum Gasteiger partial charge on any atom is -0.462 e. The molecular weight excluding hydrogens is 659 g/mol. The fourth-order valence-electron chi connectivity index (χ4n) is 5.28. The molecule has 0 amide bonds. The fraction of sp³-hybridized carbons (Fsp3) is 0.846. The molecule has 0 rings (SSSR count). The van der Waals surface area contributed by atoms with Gasteiger partial charge in [0.05, 0.1) is 19.8 Å². The smallest absolute Gasteiger partial charge is 0.462 e. The van der Waals surface area contributed by atoms with Crippen LogP contribution in [0.4, 0.5) is 0 Å². The zero-order valence-electron chi connectivity index (χ0n) is 31.6. The Morgan fingerprint density at radius 3 is 1.62 bits per heavy atom. The van der Waals surface area contributed by atoms with Crippen molar-refractivity contribution >= 4 is 19.8 Å². The van der Waals surface area contributed by atoms with E-state index in [0.29, 0.717) is 12.8 Å². The van der Waals surface area contributed by atoms with Crippen molar-refractivity contribution in [3.63, 3.8) is 0 Å². The van der Waals surface area contributed by atoms with Crippen molar-refractivity contribution in [1.29, 1.82) is 0 Å². The lowest BCUT2D eigenvalue weighted by atomic mass is 10.0. The Morgan fingerprint density at radius 2 is 1.08 bits per heavy atom. The quantitative estimate of drug-likeness (QED) is 0.0244. The summed E-state index contributed by atoms with van der Waals surface area (Å²) in [7, 11) is -4.62. The zero-order valence-corrected chi connectivity index (χ0v) is 32.5. The van der Waals surface area contributed by atoms with Crippen LogP contribution in [0.2, 0.25) is 0 Å². The number of carbonyl (C=O) groups is 2. The average Bonchev–Trinajstić information content (AvgIpc) is 3.10. The maximum atomic E-state index is 12.5. The summed E-state index contributed by atoms with van der Waals surface area (Å²) in [5, 5.41) is 18.3. The molecule has 0 aromatic carbocycles. The van der Waals surface area contributed by atoms with Crippen LogP contribution in [-0.4, -0.2) is 65.7 Å². The van der Waals surface area contributed by atoms with Gasteiger partial charge in [-0.3, -0.25) is 18.6 Å². The second-order valence-electron chi connectivity index (χ2n) is 13.3. The molecule has 0 heterocycles. The number of unbranched alkanes of at least 4 members (excludes halogenated alkanes) is 19. The van der Waals surface area contributed by atoms with Gasteiger partial charge in [0.15, 0.2) is 6.10 Å². The van der Waals surface area contributed by atoms with Crippen LogP contribution in [0, 0.1) is 0 Å². The van der Waals surface area contributed by atoms with Crippen LogP contribution < -0.4 is 0 Å². The Morgan fingerprint density at radius 1 is 0.600 bits per heavy atom. The topological polar surface area (TPSA) is 149 Å². The first kappa shape index (κ1) is 48.5. The third-order valence-electron chi connectivity index (χ3n) is 8.37. The molecule has 50 heavy (non-hydrogen) atoms. The molecule has 3 atom stereocenters. The number of carbonyl (C=O) groups excluding carboxylic acids is 2. The van der Waals surface area contributed by atoms with Gasteiger partial charge in [-0.05, 0) is 32.1 Å². The van der Waals surface area contributed by atoms with Crippen molar-refractivity contribution in [3.05, 3.63) is 24.3 Å². The highest BCUT2D eigenvalue weighted by molar-refractivity contribution is 7.47. The van der Waals surface area contributed by atoms with Gasteiger partial charge in [0, 0.05) is 12.8 Å². The molecule has 11 heteroatoms. The van der Waals surface area contributed by atoms with E-state index in [1.54, 1.807) is 0 Å². The number of aliphatic hydroxyl groups excluding tert-OH is 2. The van der Waals surface area contributed by atoms with Gasteiger partial charge < -0.3 is 24.6 Å². The lowest BCUT2D eigenvalue weighted by Gasteiger charge is -2.20. The molecule has 0 aromatic rings. The summed E-state index contributed by atoms with van der Waals surface area (Å²) in [6.07, 6.45) is 33.1. The normalized spacial score (nSPS) is 14.3. The Balaban J connectivity index is 4.41. The summed E-state index contributed by atoms with van der Waals surface area (Å²) in [4.78, 5) is 34.8. The van der Waals surface area contributed by atoms with E-state index in [1.165, 1.54) is 103 Å². The lowest BCUT2D eigenvalue weighted by Crippen LogP contribution is -2.29. The molecule has 3 N–H and O–H groups in total. The van der Waals surface area contributed by atoms with Gasteiger partial charge in [0.2, 0.25) is 0 Å². The molecule has 0 saturated carbocycles. The van der Waals surface area contributed by atoms with Crippen molar-refractivity contribution in [2.45, 2.75) is 187 Å². The SMILES string of the molecule is CCCCCCCC/C=C/C/C=C/CCC(=O)OC(COC(=O)CCCCCCCCCCCCCCCC)COP(=O)(O)OC[C@@H](O)CO. The minimum absolute atomic E-state index is 0.0808. The van der Waals surface area contributed by atoms with Crippen LogP contribution in [0.1, 0.15) is 174 Å². The molecule has 0 bridgehead atoms. The van der Waals surface area contributed by atoms with E-state index >= 15 is 0 Å². The van der Waals surface area contributed by atoms with Crippen LogP contribution in [-0.2, 0) is 32.7 Å². The average molecular weight is 733 g/mol. The number of phosphoric acid groups is 1. The number of ether oxygens (including phenoxy) is 2. The van der Waals surface area contributed by atoms with Crippen LogP contribution in [0.3, 0.4) is 0 Å². The van der Waals surface area contributed by atoms with Crippen LogP contribution in [0.15, 0.2) is 24.3 Å². The molecule has 0 fully saturated rings. The third-order valence-corrected chi connectivity index (χ3v) is 9.32. The number of hydrogen-bond acceptors (Lipinski definition) is 9. The first-order valence-electron chi connectivity index (χ1n) is 19.8. The molecule has 0 spiro atoms. The maximum Gasteiger partial charge on any atom is 0.472 e. The minimum atomic E-state index is -4.62. The monoisotopic (exact) mass is 732 g/mol. The van der Waals surface area contributed by atoms with Gasteiger partial charge in [-0.2, -0.15) is 0 Å². The molecular formula is C39H73O10P. The van der Waals surface area contributed by atoms with E-state index in [4.69, 9.17) is 19.1 Å². The number of aliphatic hydroxyl groups is 2. The Hall–Kier alpha value is -1.55. The summed E-state index contributed by atoms with van der Waals surface area (Å²) in [5.74, 6) is -0.999. The second-order valence-corrected chi connectivity index (χ2v) is 14.8. The summed E-state index contributed by atoms with van der Waals surface area (Å²) in [6.45, 7) is 2.30. The second kappa shape index (κ2) is 35.8. The van der Waals surface area contributed by atoms with Gasteiger partial charge in [0.25, 0.3) is 0 Å². The maximum absolute atomic E-state index is 12.5. The molecule has 0 aliphatic rings. The van der Waals surface area contributed by atoms with Gasteiger partial charge >= 0.3 is 19.8 Å². The van der Waals surface area contributed by atoms with Gasteiger partial charge in [0.1, 0.15) is 12.7 Å². The molecule has 0 saturated heterocycles. The van der Waals surface area contributed by atoms with Crippen molar-refractivity contribution < 1.29 is 47.8 Å². The van der Waals surface area contributed by atoms with E-state index in [0.717, 1.165) is 32.1 Å². The number of rotatable bonds is 37. The van der Waals surface area contributed by atoms with Gasteiger partial charge in [-0.1, -0.05) is 154 Å². The highest BCUT2D eigenvalue weighted by Crippen LogP contribution is 2.43. The number of allylic oxidation sites excluding steroid dienone is 4. The van der Waals surface area contributed by atoms with E-state index in [2.05, 4.69) is 30.5 Å². The van der Waals surface area contributed by atoms with Gasteiger partial charge in [-0.15, -0.1) is 0 Å². The van der Waals surface area contributed by atoms with Crippen molar-refractivity contribution in [2.24, 2.45) is 0 Å². The van der Waals surface area contributed by atoms with Crippen LogP contribution >= 0.6 is 7.82 Å². The zero-order chi connectivity index (χ0) is 37.0. The molecule has 0 aliphatic heterocycles. The predicted octanol–water partition coefficient (Wildman–Crippen LogP) is 9.83. The molecule has 10 nitrogen and oxygen atoms in total. The summed E-state index contributed by atoms with van der Waals surface area (Å²) < 4.78 is 32.5. The highest BCUT2D eigenvalue weighted by atomic mass is 31.2. The summed E-state index contributed by atoms with van der Waals surface area (Å²) in [5.41, 5.74) is 0. The summed E-state index contributed by atoms with van der Waals surface area (Å²) in [6, 6.07) is 0. The molecule has 0 aromatic heterocycles. The van der Waals surface area contributed by atoms with E-state index in [-0.39, 0.29) is 19.4 Å². The summed E-state index contributed by atoms with van der Waals surface area (Å²) >= 11 is 0. The first-order chi connectivity index (χ1) is 24.2. The molecule has 2 unspecified atom stereocenters. The first-order valence-corrected chi connectivity index (χ1v) is 21.3. The van der Waals surface area contributed by atoms with Crippen LogP contribution in [0.25, 0.3) is 0 Å². The number of phosphoric ester groups is 1. The molecule has 0 aliphatic carbocycles. The van der Waals surface area contributed by atoms with Crippen molar-refractivity contribution in [1.82, 2.24) is 0 Å². The van der Waals surface area contributed by atoms with E-state index in [1.807, 2.05) is 12.2 Å². The highest BCUT2D eigenvalue weighted by Gasteiger charge is 2.27.